The van der Waals surface area contributed by atoms with E-state index in [1.807, 2.05) is 0 Å². The molecule has 0 spiro atoms. The third kappa shape index (κ3) is 18.9. The molecule has 0 heterocycles. The Kier molecular flexibility index (Phi) is 12.7. The van der Waals surface area contributed by atoms with Gasteiger partial charge in [-0.05, 0) is 6.92 Å². The Hall–Kier alpha value is -0.760. The summed E-state index contributed by atoms with van der Waals surface area (Å²) >= 11 is 0. The molecule has 1 atom stereocenters. The maximum absolute atomic E-state index is 8.51. The highest BCUT2D eigenvalue weighted by atomic mass is 16.5. The van der Waals surface area contributed by atoms with Crippen molar-refractivity contribution in [1.29, 1.82) is 0 Å². The largest absolute Gasteiger partial charge is 0.499 e. The van der Waals surface area contributed by atoms with Crippen molar-refractivity contribution in [3.8, 4) is 0 Å². The number of ether oxygens (including phenoxy) is 1. The van der Waals surface area contributed by atoms with Gasteiger partial charge in [-0.2, -0.15) is 0 Å². The van der Waals surface area contributed by atoms with E-state index in [-0.39, 0.29) is 0 Å². The Bertz CT molecular complexity index is 59.9. The van der Waals surface area contributed by atoms with Gasteiger partial charge in [-0.3, -0.25) is 0 Å². The molecule has 0 saturated carbocycles. The van der Waals surface area contributed by atoms with E-state index in [4.69, 9.17) is 5.11 Å². The van der Waals surface area contributed by atoms with Crippen LogP contribution in [0.1, 0.15) is 6.92 Å². The minimum Gasteiger partial charge on any atom is -0.499 e. The molecule has 9 heavy (non-hydrogen) atoms. The summed E-state index contributed by atoms with van der Waals surface area (Å²) in [6.45, 7) is 11.3. The molecular weight excluding hydrogens is 116 g/mol. The summed E-state index contributed by atoms with van der Waals surface area (Å²) in [5.74, 6) is 0. The van der Waals surface area contributed by atoms with Crippen LogP contribution in [0.2, 0.25) is 0 Å². The summed E-state index contributed by atoms with van der Waals surface area (Å²) in [6, 6.07) is 0. The molecule has 0 aromatic carbocycles. The summed E-state index contributed by atoms with van der Waals surface area (Å²) in [4.78, 5) is 0. The molecule has 0 saturated heterocycles. The van der Waals surface area contributed by atoms with Gasteiger partial charge in [-0.1, -0.05) is 6.58 Å². The van der Waals surface area contributed by atoms with E-state index >= 15 is 0 Å². The fraction of sp³-hybridized carbons (Fsp3) is 0.429. The highest BCUT2D eigenvalue weighted by Gasteiger charge is 1.89. The number of rotatable bonds is 3. The summed E-state index contributed by atoms with van der Waals surface area (Å²) in [7, 11) is 0. The number of hydrogen-bond acceptors (Lipinski definition) is 2. The minimum absolute atomic E-state index is 0.337. The van der Waals surface area contributed by atoms with Crippen LogP contribution in [0.4, 0.5) is 0 Å². The minimum atomic E-state index is -0.391. The lowest BCUT2D eigenvalue weighted by Crippen LogP contribution is -2.06. The van der Waals surface area contributed by atoms with Gasteiger partial charge in [0.2, 0.25) is 0 Å². The molecule has 0 aliphatic heterocycles. The SMILES string of the molecule is C=C.C=COCC(C)O. The third-order valence-corrected chi connectivity index (χ3v) is 0.455. The molecule has 0 rings (SSSR count). The van der Waals surface area contributed by atoms with E-state index in [2.05, 4.69) is 24.5 Å². The van der Waals surface area contributed by atoms with E-state index in [1.54, 1.807) is 6.92 Å². The van der Waals surface area contributed by atoms with E-state index in [0.717, 1.165) is 0 Å². The quantitative estimate of drug-likeness (QED) is 0.461. The van der Waals surface area contributed by atoms with Crippen molar-refractivity contribution in [2.24, 2.45) is 0 Å². The second kappa shape index (κ2) is 10.3. The van der Waals surface area contributed by atoms with Gasteiger partial charge in [0.05, 0.1) is 12.4 Å². The zero-order valence-corrected chi connectivity index (χ0v) is 5.84. The number of aliphatic hydroxyl groups excluding tert-OH is 1. The Morgan fingerprint density at radius 2 is 2.11 bits per heavy atom. The van der Waals surface area contributed by atoms with Crippen LogP contribution >= 0.6 is 0 Å². The molecule has 0 aliphatic carbocycles. The lowest BCUT2D eigenvalue weighted by Gasteiger charge is -2.00. The Morgan fingerprint density at radius 1 is 1.67 bits per heavy atom. The predicted octanol–water partition coefficient (Wildman–Crippen LogP) is 1.33. The first-order valence-electron chi connectivity index (χ1n) is 2.68. The molecular formula is C7H14O2. The second-order valence-corrected chi connectivity index (χ2v) is 1.35. The van der Waals surface area contributed by atoms with Gasteiger partial charge in [-0.15, -0.1) is 13.2 Å². The maximum Gasteiger partial charge on any atom is 0.113 e. The molecule has 0 amide bonds. The standard InChI is InChI=1S/C5H10O2.C2H4/c1-3-7-4-5(2)6;1-2/h3,5-6H,1,4H2,2H3;1-2H2. The predicted molar refractivity (Wildman–Crippen MR) is 39.1 cm³/mol. The lowest BCUT2D eigenvalue weighted by molar-refractivity contribution is 0.0980. The average Bonchev–Trinajstić information content (AvgIpc) is 1.88. The van der Waals surface area contributed by atoms with Crippen LogP contribution in [0, 0.1) is 0 Å². The van der Waals surface area contributed by atoms with E-state index in [9.17, 15) is 0 Å². The van der Waals surface area contributed by atoms with Gasteiger partial charge in [0.15, 0.2) is 0 Å². The molecule has 54 valence electrons. The molecule has 0 aromatic rings. The van der Waals surface area contributed by atoms with Crippen molar-refractivity contribution >= 4 is 0 Å². The highest BCUT2D eigenvalue weighted by Crippen LogP contribution is 1.80. The van der Waals surface area contributed by atoms with Crippen LogP contribution in [-0.2, 0) is 4.74 Å². The Morgan fingerprint density at radius 3 is 2.22 bits per heavy atom. The van der Waals surface area contributed by atoms with Crippen molar-refractivity contribution in [2.45, 2.75) is 13.0 Å². The summed E-state index contributed by atoms with van der Waals surface area (Å²) < 4.78 is 4.61. The number of aliphatic hydroxyl groups is 1. The van der Waals surface area contributed by atoms with Gasteiger partial charge in [0, 0.05) is 0 Å². The fourth-order valence-corrected chi connectivity index (χ4v) is 0.207. The summed E-state index contributed by atoms with van der Waals surface area (Å²) in [6.07, 6.45) is 0.921. The molecule has 0 aromatic heterocycles. The average molecular weight is 130 g/mol. The lowest BCUT2D eigenvalue weighted by atomic mass is 10.5. The molecule has 0 bridgehead atoms. The van der Waals surface area contributed by atoms with Gasteiger partial charge in [0.25, 0.3) is 0 Å². The van der Waals surface area contributed by atoms with Crippen LogP contribution in [-0.4, -0.2) is 17.8 Å². The van der Waals surface area contributed by atoms with Crippen LogP contribution in [0.3, 0.4) is 0 Å². The summed E-state index contributed by atoms with van der Waals surface area (Å²) in [5.41, 5.74) is 0. The maximum atomic E-state index is 8.51. The first kappa shape index (κ1) is 11.1. The van der Waals surface area contributed by atoms with Crippen LogP contribution in [0.25, 0.3) is 0 Å². The topological polar surface area (TPSA) is 29.5 Å². The van der Waals surface area contributed by atoms with E-state index in [1.165, 1.54) is 6.26 Å². The van der Waals surface area contributed by atoms with Crippen molar-refractivity contribution in [1.82, 2.24) is 0 Å². The van der Waals surface area contributed by atoms with Crippen LogP contribution in [0.15, 0.2) is 26.0 Å². The molecule has 1 N–H and O–H groups in total. The van der Waals surface area contributed by atoms with Crippen molar-refractivity contribution in [3.05, 3.63) is 26.0 Å². The summed E-state index contributed by atoms with van der Waals surface area (Å²) in [5, 5.41) is 8.51. The highest BCUT2D eigenvalue weighted by molar-refractivity contribution is 4.50. The Balaban J connectivity index is 0. The second-order valence-electron chi connectivity index (χ2n) is 1.35. The van der Waals surface area contributed by atoms with Gasteiger partial charge in [0.1, 0.15) is 6.61 Å². The van der Waals surface area contributed by atoms with Crippen molar-refractivity contribution in [3.63, 3.8) is 0 Å². The Labute approximate surface area is 56.5 Å². The first-order valence-corrected chi connectivity index (χ1v) is 2.68. The smallest absolute Gasteiger partial charge is 0.113 e. The number of hydrogen-bond donors (Lipinski definition) is 1. The molecule has 0 aliphatic rings. The van der Waals surface area contributed by atoms with E-state index in [0.29, 0.717) is 6.61 Å². The molecule has 0 fully saturated rings. The zero-order chi connectivity index (χ0) is 7.70. The monoisotopic (exact) mass is 130 g/mol. The van der Waals surface area contributed by atoms with E-state index < -0.39 is 6.10 Å². The van der Waals surface area contributed by atoms with Crippen LogP contribution < -0.4 is 0 Å². The molecule has 1 unspecified atom stereocenters. The fourth-order valence-electron chi connectivity index (χ4n) is 0.207. The first-order chi connectivity index (χ1) is 4.27. The van der Waals surface area contributed by atoms with Gasteiger partial charge < -0.3 is 9.84 Å². The zero-order valence-electron chi connectivity index (χ0n) is 5.84. The molecule has 0 radical (unpaired) electrons. The normalized spacial score (nSPS) is 10.4. The van der Waals surface area contributed by atoms with Crippen molar-refractivity contribution in [2.75, 3.05) is 6.61 Å². The molecule has 2 nitrogen and oxygen atoms in total. The molecule has 2 heteroatoms. The van der Waals surface area contributed by atoms with Gasteiger partial charge in [-0.25, -0.2) is 0 Å². The van der Waals surface area contributed by atoms with Gasteiger partial charge >= 0.3 is 0 Å². The third-order valence-electron chi connectivity index (χ3n) is 0.455. The van der Waals surface area contributed by atoms with Crippen molar-refractivity contribution < 1.29 is 9.84 Å². The van der Waals surface area contributed by atoms with Crippen LogP contribution in [0.5, 0.6) is 0 Å².